The molecule has 0 radical (unpaired) electrons. The fourth-order valence-electron chi connectivity index (χ4n) is 1.74. The average Bonchev–Trinajstić information content (AvgIpc) is 2.27. The molecule has 0 amide bonds. The van der Waals surface area contributed by atoms with Gasteiger partial charge >= 0.3 is 0 Å². The summed E-state index contributed by atoms with van der Waals surface area (Å²) >= 11 is 0. The first-order valence-corrected chi connectivity index (χ1v) is 6.60. The molecular weight excluding hydrogens is 210 g/mol. The van der Waals surface area contributed by atoms with Crippen LogP contribution in [0.4, 0.5) is 0 Å². The van der Waals surface area contributed by atoms with Gasteiger partial charge in [-0.05, 0) is 39.8 Å². The van der Waals surface area contributed by atoms with Crippen LogP contribution in [0.25, 0.3) is 0 Å². The second-order valence-electron chi connectivity index (χ2n) is 4.81. The average molecular weight is 235 g/mol. The van der Waals surface area contributed by atoms with Gasteiger partial charge in [0.1, 0.15) is 5.75 Å². The Kier molecular flexibility index (Phi) is 6.06. The summed E-state index contributed by atoms with van der Waals surface area (Å²) in [6.07, 6.45) is 2.69. The van der Waals surface area contributed by atoms with E-state index in [0.717, 1.165) is 18.8 Å². The van der Waals surface area contributed by atoms with Gasteiger partial charge in [0.15, 0.2) is 0 Å². The lowest BCUT2D eigenvalue weighted by Gasteiger charge is -2.15. The summed E-state index contributed by atoms with van der Waals surface area (Å²) in [6.45, 7) is 10.4. The molecular formula is C15H25NO. The number of ether oxygens (including phenoxy) is 1. The molecule has 1 rings (SSSR count). The minimum Gasteiger partial charge on any atom is -0.491 e. The van der Waals surface area contributed by atoms with Crippen LogP contribution in [0.5, 0.6) is 5.75 Å². The molecule has 0 fully saturated rings. The first kappa shape index (κ1) is 14.0. The second kappa shape index (κ2) is 7.33. The normalized spacial score (nSPS) is 10.9. The van der Waals surface area contributed by atoms with Gasteiger partial charge in [0, 0.05) is 12.1 Å². The van der Waals surface area contributed by atoms with Crippen LogP contribution in [0.1, 0.15) is 44.7 Å². The highest BCUT2D eigenvalue weighted by molar-refractivity contribution is 5.37. The second-order valence-corrected chi connectivity index (χ2v) is 4.81. The smallest absolute Gasteiger partial charge is 0.124 e. The van der Waals surface area contributed by atoms with Crippen molar-refractivity contribution in [1.29, 1.82) is 0 Å². The third kappa shape index (κ3) is 5.22. The number of aryl methyl sites for hydroxylation is 1. The van der Waals surface area contributed by atoms with Crippen LogP contribution in [0, 0.1) is 6.92 Å². The molecule has 2 heteroatoms. The molecule has 96 valence electrons. The molecule has 0 heterocycles. The van der Waals surface area contributed by atoms with Gasteiger partial charge in [0.05, 0.1) is 6.10 Å². The van der Waals surface area contributed by atoms with E-state index in [1.807, 2.05) is 0 Å². The summed E-state index contributed by atoms with van der Waals surface area (Å²) in [7, 11) is 0. The van der Waals surface area contributed by atoms with Crippen LogP contribution in [0.2, 0.25) is 0 Å². The Morgan fingerprint density at radius 3 is 2.71 bits per heavy atom. The molecule has 0 spiro atoms. The van der Waals surface area contributed by atoms with Gasteiger partial charge < -0.3 is 10.1 Å². The SMILES string of the molecule is CCCCNCc1cc(C)ccc1OC(C)C. The third-order valence-corrected chi connectivity index (χ3v) is 2.60. The van der Waals surface area contributed by atoms with Crippen molar-refractivity contribution in [2.45, 2.75) is 53.2 Å². The third-order valence-electron chi connectivity index (χ3n) is 2.60. The summed E-state index contributed by atoms with van der Waals surface area (Å²) in [5.74, 6) is 1.01. The highest BCUT2D eigenvalue weighted by atomic mass is 16.5. The maximum absolute atomic E-state index is 5.82. The van der Waals surface area contributed by atoms with Gasteiger partial charge in [-0.15, -0.1) is 0 Å². The molecule has 1 aromatic carbocycles. The van der Waals surface area contributed by atoms with Crippen molar-refractivity contribution in [2.75, 3.05) is 6.54 Å². The maximum Gasteiger partial charge on any atom is 0.124 e. The van der Waals surface area contributed by atoms with Crippen molar-refractivity contribution in [2.24, 2.45) is 0 Å². The van der Waals surface area contributed by atoms with Crippen LogP contribution in [-0.4, -0.2) is 12.6 Å². The largest absolute Gasteiger partial charge is 0.491 e. The van der Waals surface area contributed by atoms with Crippen LogP contribution in [0.3, 0.4) is 0 Å². The van der Waals surface area contributed by atoms with Crippen LogP contribution in [-0.2, 0) is 6.54 Å². The van der Waals surface area contributed by atoms with E-state index in [4.69, 9.17) is 4.74 Å². The van der Waals surface area contributed by atoms with E-state index < -0.39 is 0 Å². The van der Waals surface area contributed by atoms with Crippen LogP contribution in [0.15, 0.2) is 18.2 Å². The van der Waals surface area contributed by atoms with Gasteiger partial charge in [0.2, 0.25) is 0 Å². The molecule has 0 aliphatic carbocycles. The molecule has 2 nitrogen and oxygen atoms in total. The molecule has 0 bridgehead atoms. The molecule has 1 N–H and O–H groups in total. The Bertz CT molecular complexity index is 334. The van der Waals surface area contributed by atoms with Crippen molar-refractivity contribution in [3.63, 3.8) is 0 Å². The molecule has 0 saturated carbocycles. The molecule has 17 heavy (non-hydrogen) atoms. The molecule has 0 aliphatic heterocycles. The van der Waals surface area contributed by atoms with Crippen molar-refractivity contribution in [3.8, 4) is 5.75 Å². The minimum atomic E-state index is 0.229. The van der Waals surface area contributed by atoms with E-state index in [1.54, 1.807) is 0 Å². The monoisotopic (exact) mass is 235 g/mol. The Balaban J connectivity index is 2.63. The van der Waals surface area contributed by atoms with Gasteiger partial charge in [0.25, 0.3) is 0 Å². The van der Waals surface area contributed by atoms with Gasteiger partial charge in [-0.3, -0.25) is 0 Å². The molecule has 0 aliphatic rings. The van der Waals surface area contributed by atoms with E-state index in [0.29, 0.717) is 0 Å². The quantitative estimate of drug-likeness (QED) is 0.728. The summed E-state index contributed by atoms with van der Waals surface area (Å²) in [5.41, 5.74) is 2.54. The fourth-order valence-corrected chi connectivity index (χ4v) is 1.74. The Labute approximate surface area is 105 Å². The number of benzene rings is 1. The van der Waals surface area contributed by atoms with Crippen LogP contribution < -0.4 is 10.1 Å². The van der Waals surface area contributed by atoms with E-state index in [9.17, 15) is 0 Å². The standard InChI is InChI=1S/C15H25NO/c1-5-6-9-16-11-14-10-13(4)7-8-15(14)17-12(2)3/h7-8,10,12,16H,5-6,9,11H2,1-4H3. The lowest BCUT2D eigenvalue weighted by Crippen LogP contribution is -2.16. The Morgan fingerprint density at radius 1 is 1.29 bits per heavy atom. The van der Waals surface area contributed by atoms with E-state index in [2.05, 4.69) is 51.2 Å². The molecule has 0 aromatic heterocycles. The number of nitrogens with one attached hydrogen (secondary N) is 1. The summed E-state index contributed by atoms with van der Waals surface area (Å²) in [6, 6.07) is 6.39. The topological polar surface area (TPSA) is 21.3 Å². The zero-order valence-electron chi connectivity index (χ0n) is 11.5. The van der Waals surface area contributed by atoms with Crippen LogP contribution >= 0.6 is 0 Å². The van der Waals surface area contributed by atoms with Gasteiger partial charge in [-0.25, -0.2) is 0 Å². The number of unbranched alkanes of at least 4 members (excludes halogenated alkanes) is 1. The lowest BCUT2D eigenvalue weighted by atomic mass is 10.1. The predicted octanol–water partition coefficient (Wildman–Crippen LogP) is 3.67. The Hall–Kier alpha value is -1.02. The van der Waals surface area contributed by atoms with Crippen molar-refractivity contribution < 1.29 is 4.74 Å². The number of rotatable bonds is 7. The first-order chi connectivity index (χ1) is 8.13. The van der Waals surface area contributed by atoms with E-state index in [1.165, 1.54) is 24.0 Å². The number of hydrogen-bond donors (Lipinski definition) is 1. The highest BCUT2D eigenvalue weighted by Crippen LogP contribution is 2.21. The molecule has 0 saturated heterocycles. The predicted molar refractivity (Wildman–Crippen MR) is 73.6 cm³/mol. The van der Waals surface area contributed by atoms with Crippen molar-refractivity contribution >= 4 is 0 Å². The minimum absolute atomic E-state index is 0.229. The van der Waals surface area contributed by atoms with Crippen molar-refractivity contribution in [1.82, 2.24) is 5.32 Å². The van der Waals surface area contributed by atoms with Gasteiger partial charge in [-0.2, -0.15) is 0 Å². The summed E-state index contributed by atoms with van der Waals surface area (Å²) in [4.78, 5) is 0. The number of hydrogen-bond acceptors (Lipinski definition) is 2. The summed E-state index contributed by atoms with van der Waals surface area (Å²) in [5, 5.41) is 3.46. The molecule has 0 atom stereocenters. The summed E-state index contributed by atoms with van der Waals surface area (Å²) < 4.78 is 5.82. The molecule has 0 unspecified atom stereocenters. The highest BCUT2D eigenvalue weighted by Gasteiger charge is 2.05. The van der Waals surface area contributed by atoms with Crippen molar-refractivity contribution in [3.05, 3.63) is 29.3 Å². The fraction of sp³-hybridized carbons (Fsp3) is 0.600. The van der Waals surface area contributed by atoms with E-state index in [-0.39, 0.29) is 6.10 Å². The zero-order chi connectivity index (χ0) is 12.7. The zero-order valence-corrected chi connectivity index (χ0v) is 11.5. The van der Waals surface area contributed by atoms with Gasteiger partial charge in [-0.1, -0.05) is 31.0 Å². The maximum atomic E-state index is 5.82. The first-order valence-electron chi connectivity index (χ1n) is 6.60. The Morgan fingerprint density at radius 2 is 2.06 bits per heavy atom. The molecule has 1 aromatic rings. The lowest BCUT2D eigenvalue weighted by molar-refractivity contribution is 0.239. The van der Waals surface area contributed by atoms with E-state index >= 15 is 0 Å².